The Morgan fingerprint density at radius 2 is 1.43 bits per heavy atom. The fourth-order valence-corrected chi connectivity index (χ4v) is 2.89. The van der Waals surface area contributed by atoms with E-state index < -0.39 is 11.5 Å². The van der Waals surface area contributed by atoms with Gasteiger partial charge in [-0.05, 0) is 11.6 Å². The second-order valence-corrected chi connectivity index (χ2v) is 5.91. The van der Waals surface area contributed by atoms with Crippen molar-refractivity contribution in [2.24, 2.45) is 0 Å². The minimum Gasteiger partial charge on any atom is -0.290 e. The Morgan fingerprint density at radius 1 is 0.821 bits per heavy atom. The predicted octanol–water partition coefficient (Wildman–Crippen LogP) is 3.15. The monoisotopic (exact) mass is 369 g/mol. The molecule has 136 valence electrons. The van der Waals surface area contributed by atoms with E-state index in [4.69, 9.17) is 0 Å². The average Bonchev–Trinajstić information content (AvgIpc) is 2.75. The van der Waals surface area contributed by atoms with Gasteiger partial charge in [-0.25, -0.2) is 15.1 Å². The van der Waals surface area contributed by atoms with Crippen molar-refractivity contribution in [3.05, 3.63) is 95.0 Å². The summed E-state index contributed by atoms with van der Waals surface area (Å²) in [6, 6.07) is 20.2. The minimum absolute atomic E-state index is 0.0486. The molecule has 28 heavy (non-hydrogen) atoms. The lowest BCUT2D eigenvalue weighted by Gasteiger charge is -2.13. The van der Waals surface area contributed by atoms with Crippen molar-refractivity contribution in [2.45, 2.75) is 0 Å². The van der Waals surface area contributed by atoms with Crippen LogP contribution >= 0.6 is 0 Å². The maximum Gasteiger partial charge on any atom is 0.277 e. The first kappa shape index (κ1) is 17.3. The smallest absolute Gasteiger partial charge is 0.277 e. The van der Waals surface area contributed by atoms with Crippen LogP contribution in [0.4, 0.5) is 5.95 Å². The fourth-order valence-electron chi connectivity index (χ4n) is 2.89. The lowest BCUT2D eigenvalue weighted by molar-refractivity contribution is 0.102. The Hall–Kier alpha value is -4.13. The largest absolute Gasteiger partial charge is 0.290 e. The lowest BCUT2D eigenvalue weighted by atomic mass is 9.95. The summed E-state index contributed by atoms with van der Waals surface area (Å²) < 4.78 is 0. The van der Waals surface area contributed by atoms with Crippen LogP contribution in [0.1, 0.15) is 10.4 Å². The van der Waals surface area contributed by atoms with Crippen molar-refractivity contribution >= 4 is 11.9 Å². The Balaban J connectivity index is 1.92. The van der Waals surface area contributed by atoms with E-state index >= 15 is 0 Å². The molecule has 0 saturated heterocycles. The molecule has 0 fully saturated rings. The summed E-state index contributed by atoms with van der Waals surface area (Å²) in [6.07, 6.45) is 3.01. The van der Waals surface area contributed by atoms with E-state index in [1.165, 1.54) is 12.4 Å². The second kappa shape index (κ2) is 7.63. The molecule has 0 aliphatic carbocycles. The molecule has 2 N–H and O–H groups in total. The maximum atomic E-state index is 13.0. The van der Waals surface area contributed by atoms with Gasteiger partial charge in [0.1, 0.15) is 5.56 Å². The van der Waals surface area contributed by atoms with Crippen molar-refractivity contribution in [1.82, 2.24) is 20.2 Å². The van der Waals surface area contributed by atoms with E-state index in [2.05, 4.69) is 25.5 Å². The molecule has 0 aliphatic rings. The second-order valence-electron chi connectivity index (χ2n) is 5.91. The van der Waals surface area contributed by atoms with Crippen LogP contribution in [0.15, 0.2) is 83.9 Å². The molecule has 0 bridgehead atoms. The number of hydrogen-bond acceptors (Lipinski definition) is 5. The molecule has 7 heteroatoms. The molecule has 0 atom stereocenters. The van der Waals surface area contributed by atoms with E-state index in [9.17, 15) is 9.59 Å². The van der Waals surface area contributed by atoms with Gasteiger partial charge in [-0.1, -0.05) is 60.7 Å². The average molecular weight is 369 g/mol. The Bertz CT molecular complexity index is 1160. The van der Waals surface area contributed by atoms with Gasteiger partial charge in [0.15, 0.2) is 0 Å². The van der Waals surface area contributed by atoms with Gasteiger partial charge in [0.2, 0.25) is 5.95 Å². The van der Waals surface area contributed by atoms with Crippen LogP contribution in [0.3, 0.4) is 0 Å². The van der Waals surface area contributed by atoms with E-state index in [-0.39, 0.29) is 11.5 Å². The molecule has 0 unspecified atom stereocenters. The summed E-state index contributed by atoms with van der Waals surface area (Å²) in [5.41, 5.74) is 1.80. The minimum atomic E-state index is -0.606. The number of H-pyrrole nitrogens is 1. The molecule has 0 radical (unpaired) electrons. The van der Waals surface area contributed by atoms with Crippen LogP contribution in [0.2, 0.25) is 0 Å². The van der Waals surface area contributed by atoms with Crippen molar-refractivity contribution in [3.8, 4) is 22.4 Å². The Kier molecular flexibility index (Phi) is 4.71. The molecule has 0 saturated carbocycles. The number of carbonyl (C=O) groups is 1. The Labute approximate surface area is 160 Å². The van der Waals surface area contributed by atoms with Crippen LogP contribution in [-0.4, -0.2) is 26.1 Å². The first-order valence-corrected chi connectivity index (χ1v) is 8.56. The highest BCUT2D eigenvalue weighted by atomic mass is 16.2. The zero-order valence-electron chi connectivity index (χ0n) is 14.7. The maximum absolute atomic E-state index is 13.0. The van der Waals surface area contributed by atoms with E-state index in [0.717, 1.165) is 5.56 Å². The van der Waals surface area contributed by atoms with Gasteiger partial charge in [-0.3, -0.25) is 14.9 Å². The molecule has 2 heterocycles. The molecule has 1 amide bonds. The first-order chi connectivity index (χ1) is 13.7. The summed E-state index contributed by atoms with van der Waals surface area (Å²) in [5, 5.41) is 9.24. The molecular formula is C21H15N5O2. The van der Waals surface area contributed by atoms with Crippen molar-refractivity contribution in [2.75, 3.05) is 5.32 Å². The third-order valence-electron chi connectivity index (χ3n) is 4.11. The van der Waals surface area contributed by atoms with Crippen LogP contribution in [0.5, 0.6) is 0 Å². The molecule has 4 aromatic rings. The topological polar surface area (TPSA) is 101 Å². The number of aromatic amines is 1. The summed E-state index contributed by atoms with van der Waals surface area (Å²) in [7, 11) is 0. The van der Waals surface area contributed by atoms with Gasteiger partial charge >= 0.3 is 0 Å². The van der Waals surface area contributed by atoms with Gasteiger partial charge in [-0.15, -0.1) is 0 Å². The van der Waals surface area contributed by atoms with E-state index in [0.29, 0.717) is 16.8 Å². The third-order valence-corrected chi connectivity index (χ3v) is 4.11. The van der Waals surface area contributed by atoms with Crippen molar-refractivity contribution in [1.29, 1.82) is 0 Å². The normalized spacial score (nSPS) is 10.4. The number of nitrogens with zero attached hydrogens (tertiary/aromatic N) is 3. The number of anilines is 1. The van der Waals surface area contributed by atoms with Crippen LogP contribution in [0.25, 0.3) is 22.4 Å². The quantitative estimate of drug-likeness (QED) is 0.575. The van der Waals surface area contributed by atoms with E-state index in [1.807, 2.05) is 60.7 Å². The summed E-state index contributed by atoms with van der Waals surface area (Å²) in [6.45, 7) is 0. The van der Waals surface area contributed by atoms with Crippen molar-refractivity contribution in [3.63, 3.8) is 0 Å². The molecule has 2 aromatic carbocycles. The number of nitrogens with one attached hydrogen (secondary N) is 2. The van der Waals surface area contributed by atoms with E-state index in [1.54, 1.807) is 6.07 Å². The van der Waals surface area contributed by atoms with Gasteiger partial charge in [0.05, 0.1) is 5.69 Å². The van der Waals surface area contributed by atoms with Crippen molar-refractivity contribution < 1.29 is 4.79 Å². The number of hydrogen-bond donors (Lipinski definition) is 2. The molecule has 2 aromatic heterocycles. The van der Waals surface area contributed by atoms with Gasteiger partial charge in [0.25, 0.3) is 11.5 Å². The zero-order chi connectivity index (χ0) is 19.3. The van der Waals surface area contributed by atoms with Gasteiger partial charge < -0.3 is 0 Å². The van der Waals surface area contributed by atoms with Gasteiger partial charge in [-0.2, -0.15) is 5.10 Å². The van der Waals surface area contributed by atoms with Crippen LogP contribution in [0, 0.1) is 0 Å². The van der Waals surface area contributed by atoms with Gasteiger partial charge in [0, 0.05) is 23.5 Å². The first-order valence-electron chi connectivity index (χ1n) is 8.56. The summed E-state index contributed by atoms with van der Waals surface area (Å²) in [5.74, 6) is -0.491. The standard InChI is InChI=1S/C21H15N5O2/c27-19(24-21-22-12-7-13-23-21)17-16(14-8-3-1-4-9-14)18(25-26-20(17)28)15-10-5-2-6-11-15/h1-13H,(H,26,28)(H,22,23,24,27). The highest BCUT2D eigenvalue weighted by Gasteiger charge is 2.23. The van der Waals surface area contributed by atoms with Crippen LogP contribution in [-0.2, 0) is 0 Å². The number of aromatic nitrogens is 4. The Morgan fingerprint density at radius 3 is 2.07 bits per heavy atom. The number of rotatable bonds is 4. The fraction of sp³-hybridized carbons (Fsp3) is 0. The van der Waals surface area contributed by atoms with Crippen LogP contribution < -0.4 is 10.9 Å². The number of carbonyl (C=O) groups excluding carboxylic acids is 1. The number of amides is 1. The molecular weight excluding hydrogens is 354 g/mol. The number of benzene rings is 2. The zero-order valence-corrected chi connectivity index (χ0v) is 14.7. The predicted molar refractivity (Wildman–Crippen MR) is 106 cm³/mol. The molecule has 7 nitrogen and oxygen atoms in total. The summed E-state index contributed by atoms with van der Waals surface area (Å²) >= 11 is 0. The molecule has 4 rings (SSSR count). The highest BCUT2D eigenvalue weighted by molar-refractivity contribution is 6.09. The third kappa shape index (κ3) is 3.41. The highest BCUT2D eigenvalue weighted by Crippen LogP contribution is 2.31. The molecule has 0 aliphatic heterocycles. The summed E-state index contributed by atoms with van der Waals surface area (Å²) in [4.78, 5) is 33.6. The molecule has 0 spiro atoms. The lowest BCUT2D eigenvalue weighted by Crippen LogP contribution is -2.26. The SMILES string of the molecule is O=C(Nc1ncccn1)c1c(-c2ccccc2)c(-c2ccccc2)n[nH]c1=O.